The zero-order chi connectivity index (χ0) is 26.7. The molecular formula is C30H41ClN2O4. The lowest BCUT2D eigenvalue weighted by atomic mass is 10.1. The molecule has 0 radical (unpaired) electrons. The van der Waals surface area contributed by atoms with Crippen LogP contribution >= 0.6 is 11.6 Å². The van der Waals surface area contributed by atoms with Crippen molar-refractivity contribution in [3.8, 4) is 11.5 Å². The summed E-state index contributed by atoms with van der Waals surface area (Å²) in [5.41, 5.74) is 3.68. The van der Waals surface area contributed by atoms with Gasteiger partial charge in [-0.05, 0) is 61.4 Å². The number of hydrogen-bond donors (Lipinski definition) is 1. The number of benzene rings is 2. The molecule has 0 aliphatic carbocycles. The Morgan fingerprint density at radius 1 is 0.838 bits per heavy atom. The zero-order valence-corrected chi connectivity index (χ0v) is 23.0. The number of esters is 1. The van der Waals surface area contributed by atoms with E-state index in [4.69, 9.17) is 21.1 Å². The second-order valence-electron chi connectivity index (χ2n) is 9.11. The maximum Gasteiger partial charge on any atom is 0.343 e. The van der Waals surface area contributed by atoms with Crippen LogP contribution in [0.3, 0.4) is 0 Å². The first-order valence-corrected chi connectivity index (χ1v) is 14.0. The fraction of sp³-hybridized carbons (Fsp3) is 0.500. The summed E-state index contributed by atoms with van der Waals surface area (Å²) in [5, 5.41) is 4.60. The highest BCUT2D eigenvalue weighted by Crippen LogP contribution is 2.29. The van der Waals surface area contributed by atoms with E-state index >= 15 is 0 Å². The molecule has 1 amide bonds. The summed E-state index contributed by atoms with van der Waals surface area (Å²) in [6.45, 7) is 4.50. The molecule has 0 saturated carbocycles. The summed E-state index contributed by atoms with van der Waals surface area (Å²) in [6, 6.07) is 11.6. The summed E-state index contributed by atoms with van der Waals surface area (Å²) < 4.78 is 11.1. The van der Waals surface area contributed by atoms with Crippen LogP contribution in [0.2, 0.25) is 5.02 Å². The van der Waals surface area contributed by atoms with Crippen LogP contribution in [0, 0.1) is 0 Å². The van der Waals surface area contributed by atoms with Crippen LogP contribution in [0.25, 0.3) is 0 Å². The van der Waals surface area contributed by atoms with Crippen molar-refractivity contribution < 1.29 is 19.1 Å². The van der Waals surface area contributed by atoms with Gasteiger partial charge in [0.25, 0.3) is 0 Å². The Balaban J connectivity index is 1.70. The van der Waals surface area contributed by atoms with E-state index in [2.05, 4.69) is 17.5 Å². The average molecular weight is 529 g/mol. The SMILES string of the molecule is CCCCCCCCCCCCCC(=O)N/N=C\c1ccc(OC(=O)c2ccc(Cl)cc2)c(OCC)c1. The molecule has 0 saturated heterocycles. The second kappa shape index (κ2) is 18.4. The number of unbranched alkanes of at least 4 members (excludes halogenated alkanes) is 10. The highest BCUT2D eigenvalue weighted by atomic mass is 35.5. The molecule has 0 fully saturated rings. The Hall–Kier alpha value is -2.86. The molecule has 2 aromatic rings. The van der Waals surface area contributed by atoms with E-state index in [0.29, 0.717) is 40.7 Å². The molecule has 0 heterocycles. The minimum absolute atomic E-state index is 0.0919. The third kappa shape index (κ3) is 12.8. The van der Waals surface area contributed by atoms with Gasteiger partial charge in [0.2, 0.25) is 5.91 Å². The van der Waals surface area contributed by atoms with Crippen molar-refractivity contribution in [3.63, 3.8) is 0 Å². The van der Waals surface area contributed by atoms with E-state index in [9.17, 15) is 9.59 Å². The Kier molecular flexibility index (Phi) is 15.1. The average Bonchev–Trinajstić information content (AvgIpc) is 2.89. The van der Waals surface area contributed by atoms with Crippen molar-refractivity contribution in [2.75, 3.05) is 6.61 Å². The maximum absolute atomic E-state index is 12.4. The minimum Gasteiger partial charge on any atom is -0.490 e. The number of ether oxygens (including phenoxy) is 2. The highest BCUT2D eigenvalue weighted by molar-refractivity contribution is 6.30. The van der Waals surface area contributed by atoms with Crippen molar-refractivity contribution in [1.82, 2.24) is 5.43 Å². The van der Waals surface area contributed by atoms with Crippen molar-refractivity contribution in [2.45, 2.75) is 90.9 Å². The molecule has 0 spiro atoms. The minimum atomic E-state index is -0.506. The van der Waals surface area contributed by atoms with Crippen LogP contribution in [-0.2, 0) is 4.79 Å². The summed E-state index contributed by atoms with van der Waals surface area (Å²) in [5.74, 6) is 0.125. The fourth-order valence-corrected chi connectivity index (χ4v) is 4.01. The molecule has 37 heavy (non-hydrogen) atoms. The number of halogens is 1. The molecular weight excluding hydrogens is 488 g/mol. The van der Waals surface area contributed by atoms with Crippen LogP contribution in [0.5, 0.6) is 11.5 Å². The first-order chi connectivity index (χ1) is 18.0. The first-order valence-electron chi connectivity index (χ1n) is 13.6. The smallest absolute Gasteiger partial charge is 0.343 e. The fourth-order valence-electron chi connectivity index (χ4n) is 3.89. The van der Waals surface area contributed by atoms with Gasteiger partial charge in [-0.2, -0.15) is 5.10 Å². The summed E-state index contributed by atoms with van der Waals surface area (Å²) in [4.78, 5) is 24.5. The lowest BCUT2D eigenvalue weighted by Crippen LogP contribution is -2.16. The quantitative estimate of drug-likeness (QED) is 0.0696. The topological polar surface area (TPSA) is 77.0 Å². The zero-order valence-electron chi connectivity index (χ0n) is 22.3. The largest absolute Gasteiger partial charge is 0.490 e. The van der Waals surface area contributed by atoms with Gasteiger partial charge in [0, 0.05) is 11.4 Å². The maximum atomic E-state index is 12.4. The number of rotatable bonds is 18. The van der Waals surface area contributed by atoms with E-state index in [-0.39, 0.29) is 5.91 Å². The number of amides is 1. The summed E-state index contributed by atoms with van der Waals surface area (Å²) in [6.07, 6.45) is 15.8. The van der Waals surface area contributed by atoms with E-state index in [1.807, 2.05) is 6.92 Å². The summed E-state index contributed by atoms with van der Waals surface area (Å²) >= 11 is 5.88. The highest BCUT2D eigenvalue weighted by Gasteiger charge is 2.13. The van der Waals surface area contributed by atoms with Gasteiger partial charge in [-0.3, -0.25) is 4.79 Å². The predicted octanol–water partition coefficient (Wildman–Crippen LogP) is 8.11. The van der Waals surface area contributed by atoms with Crippen LogP contribution in [0.4, 0.5) is 0 Å². The number of nitrogens with zero attached hydrogens (tertiary/aromatic N) is 1. The lowest BCUT2D eigenvalue weighted by Gasteiger charge is -2.11. The number of nitrogens with one attached hydrogen (secondary N) is 1. The number of carbonyl (C=O) groups excluding carboxylic acids is 2. The van der Waals surface area contributed by atoms with Gasteiger partial charge in [0.15, 0.2) is 11.5 Å². The van der Waals surface area contributed by atoms with Gasteiger partial charge < -0.3 is 9.47 Å². The molecule has 1 N–H and O–H groups in total. The van der Waals surface area contributed by atoms with Crippen molar-refractivity contribution in [3.05, 3.63) is 58.6 Å². The van der Waals surface area contributed by atoms with Gasteiger partial charge >= 0.3 is 5.97 Å². The van der Waals surface area contributed by atoms with Crippen LogP contribution in [0.15, 0.2) is 47.6 Å². The lowest BCUT2D eigenvalue weighted by molar-refractivity contribution is -0.121. The molecule has 2 aromatic carbocycles. The summed E-state index contributed by atoms with van der Waals surface area (Å²) in [7, 11) is 0. The molecule has 0 bridgehead atoms. The number of hydrazone groups is 1. The molecule has 6 nitrogen and oxygen atoms in total. The number of carbonyl (C=O) groups is 2. The van der Waals surface area contributed by atoms with E-state index in [1.165, 1.54) is 57.8 Å². The Bertz CT molecular complexity index is 976. The third-order valence-electron chi connectivity index (χ3n) is 5.96. The van der Waals surface area contributed by atoms with Crippen LogP contribution in [0.1, 0.15) is 107 Å². The monoisotopic (exact) mass is 528 g/mol. The van der Waals surface area contributed by atoms with Crippen molar-refractivity contribution in [2.24, 2.45) is 5.10 Å². The third-order valence-corrected chi connectivity index (χ3v) is 6.21. The van der Waals surface area contributed by atoms with E-state index in [0.717, 1.165) is 12.8 Å². The first kappa shape index (κ1) is 30.4. The van der Waals surface area contributed by atoms with Crippen molar-refractivity contribution in [1.29, 1.82) is 0 Å². The molecule has 7 heteroatoms. The van der Waals surface area contributed by atoms with E-state index in [1.54, 1.807) is 48.7 Å². The van der Waals surface area contributed by atoms with E-state index < -0.39 is 5.97 Å². The van der Waals surface area contributed by atoms with Crippen molar-refractivity contribution >= 4 is 29.7 Å². The normalized spacial score (nSPS) is 11.0. The Labute approximate surface area is 226 Å². The Morgan fingerprint density at radius 3 is 2.08 bits per heavy atom. The Morgan fingerprint density at radius 2 is 1.46 bits per heavy atom. The second-order valence-corrected chi connectivity index (χ2v) is 9.55. The van der Waals surface area contributed by atoms with Gasteiger partial charge in [-0.25, -0.2) is 10.2 Å². The van der Waals surface area contributed by atoms with Gasteiger partial charge in [0.1, 0.15) is 0 Å². The van der Waals surface area contributed by atoms with Crippen LogP contribution in [-0.4, -0.2) is 24.7 Å². The standard InChI is InChI=1S/C30H41ClN2O4/c1-3-5-6-7-8-9-10-11-12-13-14-15-29(34)33-32-23-24-16-21-27(28(22-24)36-4-2)37-30(35)25-17-19-26(31)20-18-25/h16-23H,3-15H2,1-2H3,(H,33,34)/b32-23-. The molecule has 0 aliphatic heterocycles. The predicted molar refractivity (Wildman–Crippen MR) is 151 cm³/mol. The van der Waals surface area contributed by atoms with Gasteiger partial charge in [-0.15, -0.1) is 0 Å². The van der Waals surface area contributed by atoms with Gasteiger partial charge in [-0.1, -0.05) is 82.7 Å². The molecule has 0 unspecified atom stereocenters. The molecule has 202 valence electrons. The number of hydrogen-bond acceptors (Lipinski definition) is 5. The molecule has 0 aromatic heterocycles. The molecule has 0 atom stereocenters. The van der Waals surface area contributed by atoms with Crippen LogP contribution < -0.4 is 14.9 Å². The molecule has 0 aliphatic rings. The molecule has 2 rings (SSSR count). The van der Waals surface area contributed by atoms with Gasteiger partial charge in [0.05, 0.1) is 18.4 Å².